The fourth-order valence-corrected chi connectivity index (χ4v) is 4.09. The second-order valence-electron chi connectivity index (χ2n) is 7.92. The number of carbonyl (C=O) groups excluding carboxylic acids is 2. The zero-order valence-electron chi connectivity index (χ0n) is 16.1. The number of hydrogen-bond acceptors (Lipinski definition) is 2. The van der Waals surface area contributed by atoms with Crippen LogP contribution in [0.4, 0.5) is 4.79 Å². The van der Waals surface area contributed by atoms with Crippen LogP contribution in [0.1, 0.15) is 50.5 Å². The van der Waals surface area contributed by atoms with Gasteiger partial charge in [-0.2, -0.15) is 0 Å². The van der Waals surface area contributed by atoms with Crippen molar-refractivity contribution in [2.45, 2.75) is 63.6 Å². The van der Waals surface area contributed by atoms with Crippen LogP contribution < -0.4 is 20.9 Å². The van der Waals surface area contributed by atoms with Crippen LogP contribution in [0.25, 0.3) is 0 Å². The quantitative estimate of drug-likeness (QED) is 0.600. The molecular weight excluding hydrogens is 340 g/mol. The summed E-state index contributed by atoms with van der Waals surface area (Å²) in [6, 6.07) is 10.5. The molecular formula is C21H33N4O2+. The van der Waals surface area contributed by atoms with Gasteiger partial charge in [-0.15, -0.1) is 0 Å². The van der Waals surface area contributed by atoms with Crippen LogP contribution in [-0.2, 0) is 11.3 Å². The average Bonchev–Trinajstić information content (AvgIpc) is 2.69. The molecule has 27 heavy (non-hydrogen) atoms. The molecule has 6 nitrogen and oxygen atoms in total. The summed E-state index contributed by atoms with van der Waals surface area (Å²) in [4.78, 5) is 25.6. The zero-order valence-corrected chi connectivity index (χ0v) is 16.1. The van der Waals surface area contributed by atoms with Gasteiger partial charge >= 0.3 is 6.03 Å². The molecule has 1 heterocycles. The van der Waals surface area contributed by atoms with Crippen molar-refractivity contribution >= 4 is 11.9 Å². The molecule has 148 valence electrons. The van der Waals surface area contributed by atoms with Crippen molar-refractivity contribution in [3.8, 4) is 0 Å². The van der Waals surface area contributed by atoms with E-state index < -0.39 is 0 Å². The number of nitrogens with one attached hydrogen (secondary N) is 4. The lowest BCUT2D eigenvalue weighted by Gasteiger charge is -2.30. The van der Waals surface area contributed by atoms with Crippen molar-refractivity contribution in [1.82, 2.24) is 16.0 Å². The number of benzene rings is 1. The van der Waals surface area contributed by atoms with Gasteiger partial charge in [-0.05, 0) is 18.4 Å². The maximum absolute atomic E-state index is 12.2. The van der Waals surface area contributed by atoms with Crippen LogP contribution in [0, 0.1) is 0 Å². The predicted molar refractivity (Wildman–Crippen MR) is 105 cm³/mol. The summed E-state index contributed by atoms with van der Waals surface area (Å²) >= 11 is 0. The number of carbonyl (C=O) groups is 2. The van der Waals surface area contributed by atoms with Gasteiger partial charge in [0, 0.05) is 31.5 Å². The van der Waals surface area contributed by atoms with Crippen molar-refractivity contribution < 1.29 is 14.5 Å². The molecule has 0 spiro atoms. The van der Waals surface area contributed by atoms with E-state index in [4.69, 9.17) is 0 Å². The van der Waals surface area contributed by atoms with E-state index in [9.17, 15) is 9.59 Å². The summed E-state index contributed by atoms with van der Waals surface area (Å²) in [6.07, 6.45) is 7.80. The number of likely N-dealkylation sites (tertiary alicyclic amines) is 1. The second kappa shape index (κ2) is 10.3. The third-order valence-electron chi connectivity index (χ3n) is 5.71. The predicted octanol–water partition coefficient (Wildman–Crippen LogP) is 0.982. The van der Waals surface area contributed by atoms with E-state index in [1.54, 1.807) is 0 Å². The summed E-state index contributed by atoms with van der Waals surface area (Å²) in [7, 11) is 0. The highest BCUT2D eigenvalue weighted by atomic mass is 16.2. The minimum atomic E-state index is -0.0176. The highest BCUT2D eigenvalue weighted by Gasteiger charge is 2.25. The first-order valence-electron chi connectivity index (χ1n) is 10.4. The SMILES string of the molecule is O=C(C[NH+]1CCC(NC(=O)NC2CCCCC2)CC1)NCc1ccccc1. The fourth-order valence-electron chi connectivity index (χ4n) is 4.09. The van der Waals surface area contributed by atoms with Gasteiger partial charge in [-0.25, -0.2) is 4.79 Å². The van der Waals surface area contributed by atoms with Gasteiger partial charge in [0.25, 0.3) is 5.91 Å². The van der Waals surface area contributed by atoms with E-state index in [0.717, 1.165) is 44.3 Å². The Balaban J connectivity index is 1.30. The highest BCUT2D eigenvalue weighted by Crippen LogP contribution is 2.17. The molecule has 1 aliphatic carbocycles. The fraction of sp³-hybridized carbons (Fsp3) is 0.619. The van der Waals surface area contributed by atoms with Crippen LogP contribution in [0.2, 0.25) is 0 Å². The van der Waals surface area contributed by atoms with Gasteiger partial charge in [-0.3, -0.25) is 4.79 Å². The zero-order chi connectivity index (χ0) is 18.9. The molecule has 6 heteroatoms. The molecule has 3 rings (SSSR count). The van der Waals surface area contributed by atoms with Crippen LogP contribution in [0.15, 0.2) is 30.3 Å². The van der Waals surface area contributed by atoms with Crippen molar-refractivity contribution in [3.05, 3.63) is 35.9 Å². The van der Waals surface area contributed by atoms with E-state index in [1.807, 2.05) is 30.3 Å². The molecule has 4 N–H and O–H groups in total. The Morgan fingerprint density at radius 3 is 2.19 bits per heavy atom. The molecule has 1 aliphatic heterocycles. The number of piperidine rings is 1. The number of urea groups is 1. The maximum Gasteiger partial charge on any atom is 0.315 e. The first kappa shape index (κ1) is 19.7. The Morgan fingerprint density at radius 1 is 0.889 bits per heavy atom. The Morgan fingerprint density at radius 2 is 1.52 bits per heavy atom. The molecule has 1 aromatic carbocycles. The first-order chi connectivity index (χ1) is 13.2. The topological polar surface area (TPSA) is 74.7 Å². The smallest absolute Gasteiger partial charge is 0.315 e. The Hall–Kier alpha value is -2.08. The lowest BCUT2D eigenvalue weighted by molar-refractivity contribution is -0.897. The Labute approximate surface area is 162 Å². The van der Waals surface area contributed by atoms with Crippen LogP contribution in [-0.4, -0.2) is 43.7 Å². The summed E-state index contributed by atoms with van der Waals surface area (Å²) in [5.74, 6) is 0.0929. The third kappa shape index (κ3) is 6.86. The molecule has 0 unspecified atom stereocenters. The molecule has 0 aromatic heterocycles. The van der Waals surface area contributed by atoms with Gasteiger partial charge in [0.1, 0.15) is 0 Å². The lowest BCUT2D eigenvalue weighted by atomic mass is 9.96. The van der Waals surface area contributed by atoms with Crippen molar-refractivity contribution in [2.24, 2.45) is 0 Å². The molecule has 0 atom stereocenters. The van der Waals surface area contributed by atoms with E-state index in [-0.39, 0.29) is 18.0 Å². The largest absolute Gasteiger partial charge is 0.347 e. The van der Waals surface area contributed by atoms with Crippen LogP contribution in [0.5, 0.6) is 0 Å². The van der Waals surface area contributed by atoms with Crippen molar-refractivity contribution in [3.63, 3.8) is 0 Å². The lowest BCUT2D eigenvalue weighted by Crippen LogP contribution is -3.14. The monoisotopic (exact) mass is 373 g/mol. The maximum atomic E-state index is 12.2. The second-order valence-corrected chi connectivity index (χ2v) is 7.92. The Bertz CT molecular complexity index is 593. The van der Waals surface area contributed by atoms with Gasteiger partial charge in [0.05, 0.1) is 13.1 Å². The molecule has 1 saturated carbocycles. The summed E-state index contributed by atoms with van der Waals surface area (Å²) in [5.41, 5.74) is 1.12. The number of hydrogen-bond donors (Lipinski definition) is 4. The minimum Gasteiger partial charge on any atom is -0.347 e. The molecule has 1 saturated heterocycles. The third-order valence-corrected chi connectivity index (χ3v) is 5.71. The average molecular weight is 374 g/mol. The van der Waals surface area contributed by atoms with Crippen LogP contribution >= 0.6 is 0 Å². The molecule has 2 fully saturated rings. The standard InChI is InChI=1S/C21H32N4O2/c26-20(22-15-17-7-3-1-4-8-17)16-25-13-11-19(12-14-25)24-21(27)23-18-9-5-2-6-10-18/h1,3-4,7-8,18-19H,2,5-6,9-16H2,(H,22,26)(H2,23,24,27)/p+1. The van der Waals surface area contributed by atoms with Gasteiger partial charge in [-0.1, -0.05) is 49.6 Å². The summed E-state index contributed by atoms with van der Waals surface area (Å²) in [6.45, 7) is 2.94. The van der Waals surface area contributed by atoms with Gasteiger partial charge in [0.2, 0.25) is 0 Å². The van der Waals surface area contributed by atoms with E-state index in [0.29, 0.717) is 19.1 Å². The summed E-state index contributed by atoms with van der Waals surface area (Å²) < 4.78 is 0. The molecule has 2 aliphatic rings. The Kier molecular flexibility index (Phi) is 7.51. The summed E-state index contributed by atoms with van der Waals surface area (Å²) in [5, 5.41) is 9.24. The number of rotatable bonds is 6. The minimum absolute atomic E-state index is 0.0176. The van der Waals surface area contributed by atoms with Gasteiger partial charge < -0.3 is 20.9 Å². The van der Waals surface area contributed by atoms with Crippen molar-refractivity contribution in [2.75, 3.05) is 19.6 Å². The molecule has 1 aromatic rings. The van der Waals surface area contributed by atoms with Crippen LogP contribution in [0.3, 0.4) is 0 Å². The molecule has 3 amide bonds. The molecule has 0 radical (unpaired) electrons. The van der Waals surface area contributed by atoms with E-state index in [2.05, 4.69) is 16.0 Å². The molecule has 0 bridgehead atoms. The van der Waals surface area contributed by atoms with Gasteiger partial charge in [0.15, 0.2) is 6.54 Å². The highest BCUT2D eigenvalue weighted by molar-refractivity contribution is 5.76. The normalized spacial score (nSPS) is 23.4. The van der Waals surface area contributed by atoms with E-state index in [1.165, 1.54) is 24.2 Å². The first-order valence-corrected chi connectivity index (χ1v) is 10.4. The van der Waals surface area contributed by atoms with E-state index >= 15 is 0 Å². The number of quaternary nitrogens is 1. The number of amides is 3. The van der Waals surface area contributed by atoms with Crippen molar-refractivity contribution in [1.29, 1.82) is 0 Å².